The van der Waals surface area contributed by atoms with Gasteiger partial charge in [-0.15, -0.1) is 0 Å². The molecule has 0 aromatic heterocycles. The molecule has 48 valence electrons. The third kappa shape index (κ3) is 1.32. The standard InChI is InChI=1S/C9H12/c1-3-8(2)9-6-4-5-7-9/h3-6H,7H2,1-2H3. The van der Waals surface area contributed by atoms with Crippen molar-refractivity contribution in [1.29, 1.82) is 0 Å². The monoisotopic (exact) mass is 120 g/mol. The van der Waals surface area contributed by atoms with Crippen molar-refractivity contribution in [2.75, 3.05) is 0 Å². The van der Waals surface area contributed by atoms with Crippen molar-refractivity contribution < 1.29 is 0 Å². The summed E-state index contributed by atoms with van der Waals surface area (Å²) in [7, 11) is 0. The SMILES string of the molecule is CC=C(C)C1=CC=CC1. The molecule has 0 N–H and O–H groups in total. The van der Waals surface area contributed by atoms with Gasteiger partial charge >= 0.3 is 0 Å². The van der Waals surface area contributed by atoms with Crippen LogP contribution < -0.4 is 0 Å². The Bertz CT molecular complexity index is 180. The average molecular weight is 120 g/mol. The van der Waals surface area contributed by atoms with E-state index in [-0.39, 0.29) is 0 Å². The van der Waals surface area contributed by atoms with Crippen LogP contribution in [0.3, 0.4) is 0 Å². The van der Waals surface area contributed by atoms with Crippen LogP contribution in [-0.4, -0.2) is 0 Å². The molecule has 0 aromatic rings. The van der Waals surface area contributed by atoms with E-state index in [1.54, 1.807) is 0 Å². The Morgan fingerprint density at radius 3 is 2.89 bits per heavy atom. The van der Waals surface area contributed by atoms with Crippen molar-refractivity contribution in [2.24, 2.45) is 0 Å². The molecule has 0 fully saturated rings. The molecule has 9 heavy (non-hydrogen) atoms. The predicted molar refractivity (Wildman–Crippen MR) is 41.3 cm³/mol. The van der Waals surface area contributed by atoms with Crippen molar-refractivity contribution in [3.8, 4) is 0 Å². The van der Waals surface area contributed by atoms with Gasteiger partial charge in [0.1, 0.15) is 0 Å². The molecule has 0 heterocycles. The molecule has 0 nitrogen and oxygen atoms in total. The maximum Gasteiger partial charge on any atom is -0.00918 e. The Labute approximate surface area is 56.6 Å². The molecule has 0 saturated heterocycles. The van der Waals surface area contributed by atoms with E-state index in [0.29, 0.717) is 0 Å². The lowest BCUT2D eigenvalue weighted by Crippen LogP contribution is -1.77. The van der Waals surface area contributed by atoms with Gasteiger partial charge in [0.15, 0.2) is 0 Å². The Kier molecular flexibility index (Phi) is 1.88. The molecule has 0 atom stereocenters. The van der Waals surface area contributed by atoms with E-state index in [0.717, 1.165) is 6.42 Å². The van der Waals surface area contributed by atoms with E-state index in [1.165, 1.54) is 11.1 Å². The summed E-state index contributed by atoms with van der Waals surface area (Å²) in [5.41, 5.74) is 2.86. The molecule has 0 radical (unpaired) electrons. The first-order valence-electron chi connectivity index (χ1n) is 3.33. The van der Waals surface area contributed by atoms with Gasteiger partial charge in [0.05, 0.1) is 0 Å². The second-order valence-corrected chi connectivity index (χ2v) is 2.30. The number of hydrogen-bond donors (Lipinski definition) is 0. The molecule has 0 unspecified atom stereocenters. The van der Waals surface area contributed by atoms with Gasteiger partial charge in [-0.1, -0.05) is 29.9 Å². The number of hydrogen-bond acceptors (Lipinski definition) is 0. The zero-order valence-electron chi connectivity index (χ0n) is 6.02. The molecule has 0 amide bonds. The predicted octanol–water partition coefficient (Wildman–Crippen LogP) is 2.84. The van der Waals surface area contributed by atoms with Crippen LogP contribution in [0.25, 0.3) is 0 Å². The lowest BCUT2D eigenvalue weighted by Gasteiger charge is -1.97. The molecule has 1 aliphatic carbocycles. The first-order valence-corrected chi connectivity index (χ1v) is 3.33. The van der Waals surface area contributed by atoms with Crippen LogP contribution in [0.5, 0.6) is 0 Å². The van der Waals surface area contributed by atoms with E-state index in [1.807, 2.05) is 0 Å². The molecular weight excluding hydrogens is 108 g/mol. The smallest absolute Gasteiger partial charge is 0.00918 e. The highest BCUT2D eigenvalue weighted by molar-refractivity contribution is 5.37. The van der Waals surface area contributed by atoms with Crippen molar-refractivity contribution in [3.63, 3.8) is 0 Å². The zero-order valence-corrected chi connectivity index (χ0v) is 6.02. The van der Waals surface area contributed by atoms with Crippen molar-refractivity contribution >= 4 is 0 Å². The van der Waals surface area contributed by atoms with E-state index < -0.39 is 0 Å². The van der Waals surface area contributed by atoms with Crippen LogP contribution >= 0.6 is 0 Å². The Morgan fingerprint density at radius 2 is 2.44 bits per heavy atom. The van der Waals surface area contributed by atoms with Crippen LogP contribution in [0.15, 0.2) is 35.5 Å². The third-order valence-electron chi connectivity index (χ3n) is 1.71. The van der Waals surface area contributed by atoms with Crippen LogP contribution in [0.1, 0.15) is 20.3 Å². The van der Waals surface area contributed by atoms with E-state index in [9.17, 15) is 0 Å². The van der Waals surface area contributed by atoms with E-state index in [2.05, 4.69) is 38.2 Å². The minimum atomic E-state index is 1.12. The number of rotatable bonds is 1. The van der Waals surface area contributed by atoms with Gasteiger partial charge in [0.2, 0.25) is 0 Å². The van der Waals surface area contributed by atoms with Crippen LogP contribution in [0, 0.1) is 0 Å². The lowest BCUT2D eigenvalue weighted by molar-refractivity contribution is 1.23. The quantitative estimate of drug-likeness (QED) is 0.499. The largest absolute Gasteiger partial charge is 0.0844 e. The summed E-state index contributed by atoms with van der Waals surface area (Å²) in [6.45, 7) is 4.23. The molecule has 0 bridgehead atoms. The summed E-state index contributed by atoms with van der Waals surface area (Å²) in [5, 5.41) is 0. The maximum absolute atomic E-state index is 2.18. The summed E-state index contributed by atoms with van der Waals surface area (Å²) < 4.78 is 0. The minimum absolute atomic E-state index is 1.12. The average Bonchev–Trinajstić information content (AvgIpc) is 2.37. The second-order valence-electron chi connectivity index (χ2n) is 2.30. The molecule has 0 aliphatic heterocycles. The summed E-state index contributed by atoms with van der Waals surface area (Å²) in [5.74, 6) is 0. The summed E-state index contributed by atoms with van der Waals surface area (Å²) in [6, 6.07) is 0. The third-order valence-corrected chi connectivity index (χ3v) is 1.71. The van der Waals surface area contributed by atoms with Gasteiger partial charge < -0.3 is 0 Å². The fraction of sp³-hybridized carbons (Fsp3) is 0.333. The van der Waals surface area contributed by atoms with Gasteiger partial charge in [-0.2, -0.15) is 0 Å². The Hall–Kier alpha value is -0.780. The molecule has 0 saturated carbocycles. The maximum atomic E-state index is 2.18. The van der Waals surface area contributed by atoms with Gasteiger partial charge in [-0.3, -0.25) is 0 Å². The summed E-state index contributed by atoms with van der Waals surface area (Å²) >= 11 is 0. The van der Waals surface area contributed by atoms with Gasteiger partial charge in [0, 0.05) is 0 Å². The molecule has 1 aliphatic rings. The van der Waals surface area contributed by atoms with Gasteiger partial charge in [-0.05, 0) is 25.8 Å². The fourth-order valence-electron chi connectivity index (χ4n) is 0.925. The number of allylic oxidation sites excluding steroid dienone is 6. The van der Waals surface area contributed by atoms with E-state index in [4.69, 9.17) is 0 Å². The first kappa shape index (κ1) is 6.34. The highest BCUT2D eigenvalue weighted by Gasteiger charge is 1.98. The van der Waals surface area contributed by atoms with Crippen LogP contribution in [0.2, 0.25) is 0 Å². The van der Waals surface area contributed by atoms with E-state index >= 15 is 0 Å². The second kappa shape index (κ2) is 2.67. The summed E-state index contributed by atoms with van der Waals surface area (Å²) in [6.07, 6.45) is 9.75. The lowest BCUT2D eigenvalue weighted by atomic mass is 10.1. The van der Waals surface area contributed by atoms with Crippen molar-refractivity contribution in [1.82, 2.24) is 0 Å². The zero-order chi connectivity index (χ0) is 6.69. The van der Waals surface area contributed by atoms with Gasteiger partial charge in [-0.25, -0.2) is 0 Å². The Morgan fingerprint density at radius 1 is 1.67 bits per heavy atom. The first-order chi connectivity index (χ1) is 4.34. The molecule has 0 heteroatoms. The molecule has 0 aromatic carbocycles. The van der Waals surface area contributed by atoms with Crippen molar-refractivity contribution in [3.05, 3.63) is 35.5 Å². The molecule has 1 rings (SSSR count). The van der Waals surface area contributed by atoms with Crippen molar-refractivity contribution in [2.45, 2.75) is 20.3 Å². The van der Waals surface area contributed by atoms with Crippen LogP contribution in [0.4, 0.5) is 0 Å². The van der Waals surface area contributed by atoms with Gasteiger partial charge in [0.25, 0.3) is 0 Å². The molecular formula is C9H12. The Balaban J connectivity index is 2.66. The normalized spacial score (nSPS) is 18.4. The highest BCUT2D eigenvalue weighted by atomic mass is 14.0. The fourth-order valence-corrected chi connectivity index (χ4v) is 0.925. The summed E-state index contributed by atoms with van der Waals surface area (Å²) in [4.78, 5) is 0. The highest BCUT2D eigenvalue weighted by Crippen LogP contribution is 2.18. The molecule has 0 spiro atoms. The minimum Gasteiger partial charge on any atom is -0.0844 e. The van der Waals surface area contributed by atoms with Crippen LogP contribution in [-0.2, 0) is 0 Å². The topological polar surface area (TPSA) is 0 Å².